The van der Waals surface area contributed by atoms with Gasteiger partial charge in [0.15, 0.2) is 0 Å². The monoisotopic (exact) mass is 209 g/mol. The third kappa shape index (κ3) is 3.04. The molecule has 0 radical (unpaired) electrons. The van der Waals surface area contributed by atoms with Crippen molar-refractivity contribution < 1.29 is 5.11 Å². The van der Waals surface area contributed by atoms with Crippen molar-refractivity contribution in [2.24, 2.45) is 0 Å². The zero-order valence-corrected chi connectivity index (χ0v) is 8.95. The van der Waals surface area contributed by atoms with Crippen LogP contribution in [-0.2, 0) is 6.54 Å². The maximum Gasteiger partial charge on any atom is 0.0922 e. The second-order valence-corrected chi connectivity index (χ2v) is 4.27. The Hall–Kier alpha value is -0.870. The minimum Gasteiger partial charge on any atom is -0.392 e. The molecule has 1 heterocycles. The first-order valence-corrected chi connectivity index (χ1v) is 5.75. The van der Waals surface area contributed by atoms with Crippen LogP contribution in [0.4, 0.5) is 0 Å². The molecule has 0 amide bonds. The first-order valence-electron chi connectivity index (χ1n) is 5.75. The summed E-state index contributed by atoms with van der Waals surface area (Å²) in [5.41, 5.74) is 1.08. The topological polar surface area (TPSA) is 60.9 Å². The highest BCUT2D eigenvalue weighted by molar-refractivity contribution is 4.94. The van der Waals surface area contributed by atoms with E-state index >= 15 is 0 Å². The molecule has 2 rings (SSSR count). The maximum atomic E-state index is 9.89. The smallest absolute Gasteiger partial charge is 0.0922 e. The average molecular weight is 209 g/mol. The fourth-order valence-electron chi connectivity index (χ4n) is 2.15. The van der Waals surface area contributed by atoms with Crippen molar-refractivity contribution in [1.29, 1.82) is 0 Å². The lowest BCUT2D eigenvalue weighted by atomic mass is 10.1. The van der Waals surface area contributed by atoms with Gasteiger partial charge in [-0.1, -0.05) is 19.3 Å². The molecular formula is C11H19N3O. The van der Waals surface area contributed by atoms with Crippen molar-refractivity contribution in [3.63, 3.8) is 0 Å². The number of nitrogens with one attached hydrogen (secondary N) is 2. The van der Waals surface area contributed by atoms with Gasteiger partial charge in [-0.15, -0.1) is 0 Å². The molecule has 2 atom stereocenters. The summed E-state index contributed by atoms with van der Waals surface area (Å²) in [6.07, 6.45) is 8.95. The summed E-state index contributed by atoms with van der Waals surface area (Å²) in [6, 6.07) is 0.246. The molecule has 0 aromatic carbocycles. The van der Waals surface area contributed by atoms with Crippen LogP contribution in [-0.4, -0.2) is 27.2 Å². The van der Waals surface area contributed by atoms with E-state index in [9.17, 15) is 5.11 Å². The molecule has 1 aliphatic carbocycles. The number of nitrogens with zero attached hydrogens (tertiary/aromatic N) is 1. The van der Waals surface area contributed by atoms with Crippen molar-refractivity contribution in [2.45, 2.75) is 50.8 Å². The Morgan fingerprint density at radius 1 is 1.40 bits per heavy atom. The lowest BCUT2D eigenvalue weighted by Crippen LogP contribution is -2.38. The summed E-state index contributed by atoms with van der Waals surface area (Å²) in [7, 11) is 0. The number of hydrogen-bond acceptors (Lipinski definition) is 3. The van der Waals surface area contributed by atoms with Crippen LogP contribution in [0, 0.1) is 0 Å². The van der Waals surface area contributed by atoms with Crippen molar-refractivity contribution >= 4 is 0 Å². The van der Waals surface area contributed by atoms with E-state index in [1.165, 1.54) is 12.8 Å². The highest BCUT2D eigenvalue weighted by Crippen LogP contribution is 2.18. The molecular weight excluding hydrogens is 190 g/mol. The third-order valence-corrected chi connectivity index (χ3v) is 3.09. The Kier molecular flexibility index (Phi) is 3.75. The second kappa shape index (κ2) is 5.28. The van der Waals surface area contributed by atoms with Gasteiger partial charge < -0.3 is 15.4 Å². The molecule has 1 aliphatic rings. The van der Waals surface area contributed by atoms with E-state index in [0.717, 1.165) is 31.5 Å². The Labute approximate surface area is 90.1 Å². The quantitative estimate of drug-likeness (QED) is 0.655. The van der Waals surface area contributed by atoms with E-state index in [2.05, 4.69) is 15.3 Å². The summed E-state index contributed by atoms with van der Waals surface area (Å²) < 4.78 is 0. The minimum atomic E-state index is -0.185. The van der Waals surface area contributed by atoms with Crippen molar-refractivity contribution in [2.75, 3.05) is 0 Å². The first-order chi connectivity index (χ1) is 7.36. The summed E-state index contributed by atoms with van der Waals surface area (Å²) >= 11 is 0. The van der Waals surface area contributed by atoms with E-state index in [1.807, 2.05) is 6.20 Å². The molecule has 4 heteroatoms. The Morgan fingerprint density at radius 2 is 2.27 bits per heavy atom. The van der Waals surface area contributed by atoms with Gasteiger partial charge in [-0.25, -0.2) is 4.98 Å². The molecule has 2 unspecified atom stereocenters. The normalized spacial score (nSPS) is 27.5. The molecule has 0 bridgehead atoms. The molecule has 84 valence electrons. The van der Waals surface area contributed by atoms with Crippen molar-refractivity contribution in [3.05, 3.63) is 18.2 Å². The molecule has 0 spiro atoms. The highest BCUT2D eigenvalue weighted by atomic mass is 16.3. The van der Waals surface area contributed by atoms with Crippen LogP contribution in [0.15, 0.2) is 12.5 Å². The summed E-state index contributed by atoms with van der Waals surface area (Å²) in [6.45, 7) is 0.766. The second-order valence-electron chi connectivity index (χ2n) is 4.27. The number of imidazole rings is 1. The van der Waals surface area contributed by atoms with Gasteiger partial charge in [-0.2, -0.15) is 0 Å². The molecule has 4 nitrogen and oxygen atoms in total. The summed E-state index contributed by atoms with van der Waals surface area (Å²) in [4.78, 5) is 7.02. The number of hydrogen-bond donors (Lipinski definition) is 3. The number of rotatable bonds is 3. The van der Waals surface area contributed by atoms with Gasteiger partial charge in [-0.05, 0) is 12.8 Å². The predicted octanol–water partition coefficient (Wildman–Crippen LogP) is 1.19. The van der Waals surface area contributed by atoms with Crippen LogP contribution in [0.3, 0.4) is 0 Å². The van der Waals surface area contributed by atoms with Gasteiger partial charge in [0.25, 0.3) is 0 Å². The molecule has 0 saturated heterocycles. The SMILES string of the molecule is OC1CCCCCC1NCc1cnc[nH]1. The van der Waals surface area contributed by atoms with E-state index in [-0.39, 0.29) is 12.1 Å². The molecule has 0 aliphatic heterocycles. The van der Waals surface area contributed by atoms with Gasteiger partial charge in [0.1, 0.15) is 0 Å². The van der Waals surface area contributed by atoms with E-state index in [4.69, 9.17) is 0 Å². The van der Waals surface area contributed by atoms with Crippen LogP contribution in [0.25, 0.3) is 0 Å². The number of aliphatic hydroxyl groups excluding tert-OH is 1. The standard InChI is InChI=1S/C11H19N3O/c15-11-5-3-1-2-4-10(11)13-7-9-6-12-8-14-9/h6,8,10-11,13,15H,1-5,7H2,(H,12,14). The van der Waals surface area contributed by atoms with Crippen LogP contribution in [0.2, 0.25) is 0 Å². The fourth-order valence-corrected chi connectivity index (χ4v) is 2.15. The van der Waals surface area contributed by atoms with Crippen LogP contribution in [0.5, 0.6) is 0 Å². The lowest BCUT2D eigenvalue weighted by molar-refractivity contribution is 0.119. The summed E-state index contributed by atoms with van der Waals surface area (Å²) in [5, 5.41) is 13.3. The molecule has 15 heavy (non-hydrogen) atoms. The van der Waals surface area contributed by atoms with Crippen LogP contribution in [0.1, 0.15) is 37.8 Å². The third-order valence-electron chi connectivity index (χ3n) is 3.09. The molecule has 1 aromatic heterocycles. The van der Waals surface area contributed by atoms with Gasteiger partial charge in [-0.3, -0.25) is 0 Å². The number of aromatic amines is 1. The van der Waals surface area contributed by atoms with Gasteiger partial charge in [0.05, 0.1) is 12.4 Å². The van der Waals surface area contributed by atoms with Crippen LogP contribution < -0.4 is 5.32 Å². The zero-order valence-electron chi connectivity index (χ0n) is 8.95. The molecule has 1 saturated carbocycles. The first kappa shape index (κ1) is 10.6. The number of aliphatic hydroxyl groups is 1. The largest absolute Gasteiger partial charge is 0.392 e. The average Bonchev–Trinajstić information content (AvgIpc) is 2.67. The van der Waals surface area contributed by atoms with E-state index in [0.29, 0.717) is 0 Å². The minimum absolute atomic E-state index is 0.185. The van der Waals surface area contributed by atoms with E-state index in [1.54, 1.807) is 6.33 Å². The predicted molar refractivity (Wildman–Crippen MR) is 58.3 cm³/mol. The number of H-pyrrole nitrogens is 1. The van der Waals surface area contributed by atoms with Gasteiger partial charge in [0.2, 0.25) is 0 Å². The highest BCUT2D eigenvalue weighted by Gasteiger charge is 2.20. The molecule has 3 N–H and O–H groups in total. The molecule has 1 fully saturated rings. The molecule has 1 aromatic rings. The van der Waals surface area contributed by atoms with Gasteiger partial charge >= 0.3 is 0 Å². The Bertz CT molecular complexity index is 273. The van der Waals surface area contributed by atoms with Crippen molar-refractivity contribution in [3.8, 4) is 0 Å². The number of aromatic nitrogens is 2. The summed E-state index contributed by atoms with van der Waals surface area (Å²) in [5.74, 6) is 0. The Balaban J connectivity index is 1.81. The van der Waals surface area contributed by atoms with Gasteiger partial charge in [0, 0.05) is 24.5 Å². The maximum absolute atomic E-state index is 9.89. The van der Waals surface area contributed by atoms with Crippen LogP contribution >= 0.6 is 0 Å². The zero-order chi connectivity index (χ0) is 10.5. The van der Waals surface area contributed by atoms with Crippen molar-refractivity contribution in [1.82, 2.24) is 15.3 Å². The Morgan fingerprint density at radius 3 is 3.07 bits per heavy atom. The van der Waals surface area contributed by atoms with E-state index < -0.39 is 0 Å². The fraction of sp³-hybridized carbons (Fsp3) is 0.727. The lowest BCUT2D eigenvalue weighted by Gasteiger charge is -2.21.